The highest BCUT2D eigenvalue weighted by atomic mass is 15.1. The molecule has 11 heteroatoms. The third-order valence-corrected chi connectivity index (χ3v) is 14.7. The fraction of sp³-hybridized carbons (Fsp3) is 0.0143. The molecule has 11 nitrogen and oxygen atoms in total. The van der Waals surface area contributed by atoms with Gasteiger partial charge in [0, 0.05) is 32.7 Å². The van der Waals surface area contributed by atoms with Crippen LogP contribution in [-0.2, 0) is 0 Å². The molecule has 0 aliphatic rings. The monoisotopic (exact) mass is 1030 g/mol. The van der Waals surface area contributed by atoms with Gasteiger partial charge in [0.1, 0.15) is 0 Å². The van der Waals surface area contributed by atoms with Crippen LogP contribution in [0.3, 0.4) is 0 Å². The average Bonchev–Trinajstić information content (AvgIpc) is 3.39. The van der Waals surface area contributed by atoms with E-state index in [1.165, 1.54) is 0 Å². The number of nitrogens with zero attached hydrogens (tertiary/aromatic N) is 11. The number of hydrogen-bond donors (Lipinski definition) is 0. The van der Waals surface area contributed by atoms with E-state index >= 15 is 0 Å². The van der Waals surface area contributed by atoms with E-state index in [0.717, 1.165) is 93.9 Å². The highest BCUT2D eigenvalue weighted by Crippen LogP contribution is 2.45. The Bertz CT molecular complexity index is 4800. The van der Waals surface area contributed by atoms with Crippen molar-refractivity contribution in [1.29, 1.82) is 26.3 Å². The van der Waals surface area contributed by atoms with Crippen LogP contribution in [0.4, 0.5) is 22.7 Å². The number of aromatic nitrogens is 2. The molecule has 12 rings (SSSR count). The summed E-state index contributed by atoms with van der Waals surface area (Å²) in [6.45, 7) is 33.4. The summed E-state index contributed by atoms with van der Waals surface area (Å²) in [5, 5.41) is 53.6. The molecule has 81 heavy (non-hydrogen) atoms. The zero-order chi connectivity index (χ0) is 56.1. The van der Waals surface area contributed by atoms with Crippen LogP contribution in [0.15, 0.2) is 182 Å². The highest BCUT2D eigenvalue weighted by Gasteiger charge is 2.24. The van der Waals surface area contributed by atoms with Crippen LogP contribution in [-0.4, -0.2) is 9.13 Å². The predicted octanol–water partition coefficient (Wildman–Crippen LogP) is 18.1. The van der Waals surface area contributed by atoms with E-state index in [2.05, 4.69) is 95.3 Å². The summed E-state index contributed by atoms with van der Waals surface area (Å²) in [7, 11) is 0. The molecule has 2 heterocycles. The molecule has 0 saturated heterocycles. The maximum atomic E-state index is 10.1. The molecule has 10 aromatic carbocycles. The summed E-state index contributed by atoms with van der Waals surface area (Å²) < 4.78 is 4.44. The van der Waals surface area contributed by atoms with Gasteiger partial charge in [0.25, 0.3) is 0 Å². The SMILES string of the molecule is [C-]#[N+]c1cc(C#N)cc(-c2ccc3c(c2)c2cc(-c4cc([N+]#[C-])cc([N+]#[C-])c4)ccc2n3-c2cc(C)c(-c3cccc(C#N)c3)cc2-n2c3ccc(-c4cc(C#N)cc(C#N)c4)cc3c3cc(-c4cc(C#N)cc([N+]#[C-])c4)ccc32)c1. The summed E-state index contributed by atoms with van der Waals surface area (Å²) in [5.41, 5.74) is 16.6. The van der Waals surface area contributed by atoms with Crippen LogP contribution in [0, 0.1) is 89.9 Å². The molecular formula is C70H33N11. The maximum Gasteiger partial charge on any atom is 0.189 e. The van der Waals surface area contributed by atoms with Crippen molar-refractivity contribution in [3.8, 4) is 97.4 Å². The number of nitriles is 5. The molecule has 0 atom stereocenters. The summed E-state index contributed by atoms with van der Waals surface area (Å²) >= 11 is 0. The number of aryl methyl sites for hydroxylation is 1. The molecule has 0 unspecified atom stereocenters. The van der Waals surface area contributed by atoms with Crippen molar-refractivity contribution in [1.82, 2.24) is 9.13 Å². The van der Waals surface area contributed by atoms with Crippen molar-refractivity contribution in [2.45, 2.75) is 6.92 Å². The molecule has 0 aliphatic carbocycles. The largest absolute Gasteiger partial charge is 0.307 e. The molecule has 0 fully saturated rings. The van der Waals surface area contributed by atoms with Gasteiger partial charge in [-0.25, -0.2) is 19.4 Å². The van der Waals surface area contributed by atoms with Gasteiger partial charge >= 0.3 is 0 Å². The van der Waals surface area contributed by atoms with Gasteiger partial charge in [0.15, 0.2) is 22.7 Å². The summed E-state index contributed by atoms with van der Waals surface area (Å²) in [6.07, 6.45) is 0. The molecule has 0 N–H and O–H groups in total. The molecule has 12 aromatic rings. The molecule has 368 valence electrons. The van der Waals surface area contributed by atoms with Crippen LogP contribution in [0.1, 0.15) is 33.4 Å². The zero-order valence-electron chi connectivity index (χ0n) is 42.7. The first kappa shape index (κ1) is 49.1. The lowest BCUT2D eigenvalue weighted by atomic mass is 9.97. The Balaban J connectivity index is 1.21. The quantitative estimate of drug-likeness (QED) is 0.146. The Hall–Kier alpha value is -12.8. The minimum Gasteiger partial charge on any atom is -0.307 e. The van der Waals surface area contributed by atoms with Crippen LogP contribution >= 0.6 is 0 Å². The molecule has 0 amide bonds. The molecule has 2 aromatic heterocycles. The molecule has 0 bridgehead atoms. The highest BCUT2D eigenvalue weighted by molar-refractivity contribution is 6.14. The van der Waals surface area contributed by atoms with Crippen molar-refractivity contribution in [3.05, 3.63) is 261 Å². The van der Waals surface area contributed by atoms with Crippen molar-refractivity contribution in [2.75, 3.05) is 0 Å². The molecular weight excluding hydrogens is 995 g/mol. The van der Waals surface area contributed by atoms with Gasteiger partial charge < -0.3 is 9.13 Å². The molecule has 0 saturated carbocycles. The van der Waals surface area contributed by atoms with E-state index in [4.69, 9.17) is 26.3 Å². The van der Waals surface area contributed by atoms with Crippen molar-refractivity contribution < 1.29 is 0 Å². The lowest BCUT2D eigenvalue weighted by molar-refractivity contribution is 1.09. The van der Waals surface area contributed by atoms with Crippen molar-refractivity contribution in [3.63, 3.8) is 0 Å². The fourth-order valence-corrected chi connectivity index (χ4v) is 11.0. The first-order chi connectivity index (χ1) is 39.5. The van der Waals surface area contributed by atoms with E-state index in [1.807, 2.05) is 73.7 Å². The van der Waals surface area contributed by atoms with E-state index in [9.17, 15) is 26.3 Å². The van der Waals surface area contributed by atoms with Gasteiger partial charge in [-0.05, 0) is 196 Å². The van der Waals surface area contributed by atoms with Crippen LogP contribution in [0.25, 0.3) is 130 Å². The second-order valence-electron chi connectivity index (χ2n) is 19.4. The molecule has 0 spiro atoms. The van der Waals surface area contributed by atoms with Crippen molar-refractivity contribution in [2.24, 2.45) is 0 Å². The minimum absolute atomic E-state index is 0.330. The van der Waals surface area contributed by atoms with E-state index < -0.39 is 0 Å². The number of rotatable bonds is 7. The van der Waals surface area contributed by atoms with Gasteiger partial charge in [-0.2, -0.15) is 26.3 Å². The standard InChI is InChI=1S/C70H33N11/c1-41-17-69(80-65-14-10-48(53-22-45(39-74)24-56(26-53)76-2)31-62(65)64-33-50(12-16-66(64)80)55-28-58(78-4)34-59(29-55)79-5)70(35-60(41)51-8-6-7-42(19-51)36-71)81-67-13-9-47(52-20-43(37-72)18-44(21-52)38-73)30-61(67)63-32-49(11-15-68(63)81)54-23-46(40-75)25-57(27-54)77-3/h6-35H,1H3. The van der Waals surface area contributed by atoms with E-state index in [0.29, 0.717) is 72.8 Å². The smallest absolute Gasteiger partial charge is 0.189 e. The second-order valence-corrected chi connectivity index (χ2v) is 19.4. The van der Waals surface area contributed by atoms with E-state index in [1.54, 1.807) is 78.9 Å². The first-order valence-electron chi connectivity index (χ1n) is 25.1. The topological polar surface area (TPSA) is 146 Å². The Labute approximate surface area is 464 Å². The first-order valence-corrected chi connectivity index (χ1v) is 25.1. The Morgan fingerprint density at radius 3 is 1.02 bits per heavy atom. The summed E-state index contributed by atoms with van der Waals surface area (Å²) in [6, 6.07) is 67.7. The number of benzene rings is 10. The summed E-state index contributed by atoms with van der Waals surface area (Å²) in [5.74, 6) is 0. The Morgan fingerprint density at radius 2 is 0.642 bits per heavy atom. The second kappa shape index (κ2) is 19.7. The average molecular weight is 1030 g/mol. The predicted molar refractivity (Wildman–Crippen MR) is 316 cm³/mol. The van der Waals surface area contributed by atoms with Gasteiger partial charge in [-0.3, -0.25) is 0 Å². The van der Waals surface area contributed by atoms with Crippen LogP contribution in [0.5, 0.6) is 0 Å². The minimum atomic E-state index is 0.330. The normalized spacial score (nSPS) is 10.7. The lowest BCUT2D eigenvalue weighted by Gasteiger charge is -2.20. The molecule has 0 aliphatic heterocycles. The third kappa shape index (κ3) is 8.51. The number of fused-ring (bicyclic) bond motifs is 6. The van der Waals surface area contributed by atoms with Gasteiger partial charge in [-0.15, -0.1) is 0 Å². The van der Waals surface area contributed by atoms with Gasteiger partial charge in [0.05, 0.1) is 107 Å². The van der Waals surface area contributed by atoms with Crippen LogP contribution < -0.4 is 0 Å². The Kier molecular flexibility index (Phi) is 12.0. The lowest BCUT2D eigenvalue weighted by Crippen LogP contribution is -2.05. The van der Waals surface area contributed by atoms with Gasteiger partial charge in [-0.1, -0.05) is 54.6 Å². The van der Waals surface area contributed by atoms with Crippen molar-refractivity contribution >= 4 is 66.4 Å². The Morgan fingerprint density at radius 1 is 0.309 bits per heavy atom. The third-order valence-electron chi connectivity index (χ3n) is 14.7. The fourth-order valence-electron chi connectivity index (χ4n) is 11.0. The molecule has 0 radical (unpaired) electrons. The number of hydrogen-bond acceptors (Lipinski definition) is 5. The zero-order valence-corrected chi connectivity index (χ0v) is 42.7. The van der Waals surface area contributed by atoms with Gasteiger partial charge in [0.2, 0.25) is 0 Å². The van der Waals surface area contributed by atoms with E-state index in [-0.39, 0.29) is 0 Å². The maximum absolute atomic E-state index is 10.1. The summed E-state index contributed by atoms with van der Waals surface area (Å²) in [4.78, 5) is 14.7. The van der Waals surface area contributed by atoms with Crippen LogP contribution in [0.2, 0.25) is 0 Å².